The van der Waals surface area contributed by atoms with E-state index < -0.39 is 6.10 Å². The van der Waals surface area contributed by atoms with Crippen LogP contribution in [0.15, 0.2) is 0 Å². The van der Waals surface area contributed by atoms with Gasteiger partial charge in [0.05, 0.1) is 0 Å². The minimum absolute atomic E-state index is 0. The van der Waals surface area contributed by atoms with Crippen molar-refractivity contribution in [2.45, 2.75) is 13.0 Å². The van der Waals surface area contributed by atoms with Gasteiger partial charge in [0.25, 0.3) is 0 Å². The van der Waals surface area contributed by atoms with Crippen molar-refractivity contribution in [3.8, 4) is 0 Å². The number of hydrogen-bond donors (Lipinski definition) is 3. The molecule has 7 heavy (non-hydrogen) atoms. The van der Waals surface area contributed by atoms with E-state index in [0.717, 1.165) is 0 Å². The summed E-state index contributed by atoms with van der Waals surface area (Å²) in [6.45, 7) is 1.45. The maximum atomic E-state index is 8.28. The first-order valence-corrected chi connectivity index (χ1v) is 1.66. The monoisotopic (exact) mass is 124 g/mol. The molecule has 0 spiro atoms. The van der Waals surface area contributed by atoms with Crippen LogP contribution in [-0.2, 0) is 0 Å². The SMILES string of the molecule is C[C@@H](O)C(=N)N.Cl. The van der Waals surface area contributed by atoms with E-state index in [2.05, 4.69) is 0 Å². The fourth-order valence-electron chi connectivity index (χ4n) is 0. The second-order valence-corrected chi connectivity index (χ2v) is 1.13. The Morgan fingerprint density at radius 3 is 2.00 bits per heavy atom. The van der Waals surface area contributed by atoms with Crippen LogP contribution in [0.25, 0.3) is 0 Å². The number of nitrogens with two attached hydrogens (primary N) is 1. The second kappa shape index (κ2) is 3.89. The van der Waals surface area contributed by atoms with Gasteiger partial charge in [0.1, 0.15) is 11.9 Å². The van der Waals surface area contributed by atoms with Gasteiger partial charge in [-0.25, -0.2) is 0 Å². The van der Waals surface area contributed by atoms with E-state index in [1.165, 1.54) is 6.92 Å². The summed E-state index contributed by atoms with van der Waals surface area (Å²) in [5.41, 5.74) is 4.77. The third kappa shape index (κ3) is 5.72. The molecule has 0 aliphatic carbocycles. The van der Waals surface area contributed by atoms with Crippen molar-refractivity contribution < 1.29 is 5.11 Å². The van der Waals surface area contributed by atoms with Gasteiger partial charge in [0.15, 0.2) is 0 Å². The third-order valence-electron chi connectivity index (χ3n) is 0.450. The van der Waals surface area contributed by atoms with Gasteiger partial charge in [0.2, 0.25) is 0 Å². The van der Waals surface area contributed by atoms with Crippen molar-refractivity contribution in [2.75, 3.05) is 0 Å². The molecule has 0 heterocycles. The maximum Gasteiger partial charge on any atom is 0.120 e. The molecule has 0 aromatic heterocycles. The van der Waals surface area contributed by atoms with Crippen molar-refractivity contribution >= 4 is 18.2 Å². The van der Waals surface area contributed by atoms with Crippen molar-refractivity contribution in [3.63, 3.8) is 0 Å². The molecule has 4 N–H and O–H groups in total. The minimum Gasteiger partial charge on any atom is -0.386 e. The van der Waals surface area contributed by atoms with E-state index in [1.54, 1.807) is 0 Å². The van der Waals surface area contributed by atoms with E-state index in [4.69, 9.17) is 16.2 Å². The molecule has 1 atom stereocenters. The number of aliphatic hydroxyl groups excluding tert-OH is 1. The molecule has 0 radical (unpaired) electrons. The van der Waals surface area contributed by atoms with Crippen LogP contribution in [-0.4, -0.2) is 17.0 Å². The highest BCUT2D eigenvalue weighted by Gasteiger charge is 1.93. The summed E-state index contributed by atoms with van der Waals surface area (Å²) in [7, 11) is 0. The molecule has 0 amide bonds. The normalized spacial score (nSPS) is 11.7. The molecule has 44 valence electrons. The summed E-state index contributed by atoms with van der Waals surface area (Å²) >= 11 is 0. The zero-order valence-corrected chi connectivity index (χ0v) is 4.83. The van der Waals surface area contributed by atoms with Gasteiger partial charge in [-0.05, 0) is 6.92 Å². The van der Waals surface area contributed by atoms with Gasteiger partial charge in [-0.1, -0.05) is 0 Å². The highest BCUT2D eigenvalue weighted by molar-refractivity contribution is 5.85. The van der Waals surface area contributed by atoms with Gasteiger partial charge in [-0.15, -0.1) is 12.4 Å². The van der Waals surface area contributed by atoms with E-state index in [-0.39, 0.29) is 18.2 Å². The van der Waals surface area contributed by atoms with Gasteiger partial charge < -0.3 is 10.8 Å². The predicted octanol–water partition coefficient (Wildman–Crippen LogP) is -0.275. The molecule has 0 aliphatic heterocycles. The lowest BCUT2D eigenvalue weighted by Gasteiger charge is -1.94. The highest BCUT2D eigenvalue weighted by atomic mass is 35.5. The maximum absolute atomic E-state index is 8.28. The first-order valence-electron chi connectivity index (χ1n) is 1.66. The molecule has 3 nitrogen and oxygen atoms in total. The number of amidine groups is 1. The summed E-state index contributed by atoms with van der Waals surface area (Å²) in [6.07, 6.45) is -0.787. The lowest BCUT2D eigenvalue weighted by molar-refractivity contribution is 0.260. The lowest BCUT2D eigenvalue weighted by Crippen LogP contribution is -2.23. The molecule has 0 fully saturated rings. The number of nitrogens with one attached hydrogen (secondary N) is 1. The second-order valence-electron chi connectivity index (χ2n) is 1.13. The molecule has 0 aliphatic rings. The average molecular weight is 125 g/mol. The molecular weight excluding hydrogens is 115 g/mol. The topological polar surface area (TPSA) is 70.1 Å². The van der Waals surface area contributed by atoms with Gasteiger partial charge in [-0.2, -0.15) is 0 Å². The Morgan fingerprint density at radius 1 is 1.86 bits per heavy atom. The molecule has 0 aromatic rings. The Morgan fingerprint density at radius 2 is 2.00 bits per heavy atom. The summed E-state index contributed by atoms with van der Waals surface area (Å²) in [5.74, 6) is -0.185. The van der Waals surface area contributed by atoms with Crippen LogP contribution >= 0.6 is 12.4 Å². The number of aliphatic hydroxyl groups is 1. The smallest absolute Gasteiger partial charge is 0.120 e. The molecule has 0 aromatic carbocycles. The van der Waals surface area contributed by atoms with Gasteiger partial charge in [-0.3, -0.25) is 5.41 Å². The third-order valence-corrected chi connectivity index (χ3v) is 0.450. The van der Waals surface area contributed by atoms with Crippen LogP contribution in [0.4, 0.5) is 0 Å². The molecule has 4 heteroatoms. The Labute approximate surface area is 48.4 Å². The molecule has 0 saturated carbocycles. The number of hydrogen-bond acceptors (Lipinski definition) is 2. The van der Waals surface area contributed by atoms with Crippen LogP contribution in [0.2, 0.25) is 0 Å². The van der Waals surface area contributed by atoms with E-state index in [1.807, 2.05) is 0 Å². The molecular formula is C3H9ClN2O. The van der Waals surface area contributed by atoms with Crippen molar-refractivity contribution in [1.82, 2.24) is 0 Å². The van der Waals surface area contributed by atoms with Gasteiger partial charge in [0, 0.05) is 0 Å². The molecule has 0 saturated heterocycles. The Balaban J connectivity index is 0. The summed E-state index contributed by atoms with van der Waals surface area (Å²) in [4.78, 5) is 0. The van der Waals surface area contributed by atoms with Crippen LogP contribution in [0.1, 0.15) is 6.92 Å². The van der Waals surface area contributed by atoms with Crippen molar-refractivity contribution in [1.29, 1.82) is 5.41 Å². The molecule has 0 unspecified atom stereocenters. The number of rotatable bonds is 1. The molecule has 0 rings (SSSR count). The van der Waals surface area contributed by atoms with Gasteiger partial charge >= 0.3 is 0 Å². The Kier molecular flexibility index (Phi) is 5.49. The van der Waals surface area contributed by atoms with E-state index in [9.17, 15) is 0 Å². The largest absolute Gasteiger partial charge is 0.386 e. The van der Waals surface area contributed by atoms with E-state index in [0.29, 0.717) is 0 Å². The molecule has 0 bridgehead atoms. The first kappa shape index (κ1) is 9.87. The fourth-order valence-corrected chi connectivity index (χ4v) is 0. The standard InChI is InChI=1S/C3H8N2O.ClH/c1-2(6)3(4)5;/h2,6H,1H3,(H3,4,5);1H/t2-;/m1./s1. The van der Waals surface area contributed by atoms with Crippen LogP contribution in [0, 0.1) is 5.41 Å². The predicted molar refractivity (Wildman–Crippen MR) is 30.8 cm³/mol. The average Bonchev–Trinajstić information content (AvgIpc) is 1.36. The quantitative estimate of drug-likeness (QED) is 0.333. The first-order chi connectivity index (χ1) is 2.64. The zero-order chi connectivity index (χ0) is 5.15. The number of halogens is 1. The Hall–Kier alpha value is -0.280. The fraction of sp³-hybridized carbons (Fsp3) is 0.667. The summed E-state index contributed by atoms with van der Waals surface area (Å²) < 4.78 is 0. The van der Waals surface area contributed by atoms with Crippen molar-refractivity contribution in [2.24, 2.45) is 5.73 Å². The van der Waals surface area contributed by atoms with E-state index >= 15 is 0 Å². The summed E-state index contributed by atoms with van der Waals surface area (Å²) in [5, 5.41) is 14.8. The Bertz CT molecular complexity index is 64.0. The lowest BCUT2D eigenvalue weighted by atomic mass is 10.4. The minimum atomic E-state index is -0.787. The summed E-state index contributed by atoms with van der Waals surface area (Å²) in [6, 6.07) is 0. The van der Waals surface area contributed by atoms with Crippen LogP contribution in [0.3, 0.4) is 0 Å². The van der Waals surface area contributed by atoms with Crippen LogP contribution in [0.5, 0.6) is 0 Å². The highest BCUT2D eigenvalue weighted by Crippen LogP contribution is 1.71. The van der Waals surface area contributed by atoms with Crippen LogP contribution < -0.4 is 5.73 Å². The van der Waals surface area contributed by atoms with Crippen molar-refractivity contribution in [3.05, 3.63) is 0 Å². The zero-order valence-electron chi connectivity index (χ0n) is 4.01.